The largest absolute Gasteiger partial charge is 0.477 e. The van der Waals surface area contributed by atoms with Crippen LogP contribution in [0.15, 0.2) is 41.1 Å². The molecule has 0 saturated heterocycles. The third kappa shape index (κ3) is 3.53. The Balaban J connectivity index is 1.90. The van der Waals surface area contributed by atoms with Gasteiger partial charge in [-0.15, -0.1) is 0 Å². The van der Waals surface area contributed by atoms with Crippen molar-refractivity contribution in [3.63, 3.8) is 0 Å². The topological polar surface area (TPSA) is 35.0 Å². The summed E-state index contributed by atoms with van der Waals surface area (Å²) in [4.78, 5) is 8.46. The summed E-state index contributed by atoms with van der Waals surface area (Å²) in [5.41, 5.74) is 2.06. The summed E-state index contributed by atoms with van der Waals surface area (Å²) in [5, 5.41) is 0. The third-order valence-electron chi connectivity index (χ3n) is 2.32. The summed E-state index contributed by atoms with van der Waals surface area (Å²) in [6, 6.07) is 7.87. The molecule has 2 aromatic heterocycles. The Kier molecular flexibility index (Phi) is 4.09. The van der Waals surface area contributed by atoms with E-state index in [-0.39, 0.29) is 0 Å². The summed E-state index contributed by atoms with van der Waals surface area (Å²) < 4.78 is 6.59. The SMILES string of the molecule is Cc1cc(Br)cnc1OCCc1ccccn1. The van der Waals surface area contributed by atoms with Gasteiger partial charge in [-0.3, -0.25) is 4.98 Å². The van der Waals surface area contributed by atoms with Crippen LogP contribution in [0.2, 0.25) is 0 Å². The zero-order chi connectivity index (χ0) is 12.1. The van der Waals surface area contributed by atoms with Crippen LogP contribution in [0.5, 0.6) is 5.88 Å². The van der Waals surface area contributed by atoms with Gasteiger partial charge in [-0.05, 0) is 41.1 Å². The molecule has 17 heavy (non-hydrogen) atoms. The molecule has 2 heterocycles. The quantitative estimate of drug-likeness (QED) is 0.868. The molecule has 0 spiro atoms. The Labute approximate surface area is 109 Å². The van der Waals surface area contributed by atoms with E-state index in [0.29, 0.717) is 12.5 Å². The van der Waals surface area contributed by atoms with Gasteiger partial charge in [0.05, 0.1) is 6.61 Å². The molecule has 0 aliphatic heterocycles. The summed E-state index contributed by atoms with van der Waals surface area (Å²) in [7, 11) is 0. The molecule has 0 saturated carbocycles. The van der Waals surface area contributed by atoms with Crippen LogP contribution in [-0.4, -0.2) is 16.6 Å². The molecule has 0 unspecified atom stereocenters. The normalized spacial score (nSPS) is 10.2. The van der Waals surface area contributed by atoms with Crippen LogP contribution in [0, 0.1) is 6.92 Å². The van der Waals surface area contributed by atoms with E-state index in [1.54, 1.807) is 12.4 Å². The Bertz CT molecular complexity index is 488. The van der Waals surface area contributed by atoms with Crippen LogP contribution >= 0.6 is 15.9 Å². The average molecular weight is 293 g/mol. The molecule has 0 aliphatic carbocycles. The highest BCUT2D eigenvalue weighted by Crippen LogP contribution is 2.18. The van der Waals surface area contributed by atoms with Crippen molar-refractivity contribution >= 4 is 15.9 Å². The molecule has 0 fully saturated rings. The number of hydrogen-bond acceptors (Lipinski definition) is 3. The van der Waals surface area contributed by atoms with E-state index in [2.05, 4.69) is 25.9 Å². The molecule has 0 atom stereocenters. The van der Waals surface area contributed by atoms with E-state index in [4.69, 9.17) is 4.74 Å². The zero-order valence-corrected chi connectivity index (χ0v) is 11.1. The van der Waals surface area contributed by atoms with Crippen molar-refractivity contribution in [3.8, 4) is 5.88 Å². The molecule has 2 rings (SSSR count). The summed E-state index contributed by atoms with van der Waals surface area (Å²) in [6.45, 7) is 2.57. The van der Waals surface area contributed by atoms with E-state index in [9.17, 15) is 0 Å². The predicted molar refractivity (Wildman–Crippen MR) is 70.1 cm³/mol. The highest BCUT2D eigenvalue weighted by molar-refractivity contribution is 9.10. The molecule has 4 heteroatoms. The molecule has 0 aromatic carbocycles. The molecule has 0 aliphatic rings. The van der Waals surface area contributed by atoms with E-state index in [1.165, 1.54) is 0 Å². The molecule has 0 N–H and O–H groups in total. The average Bonchev–Trinajstić information content (AvgIpc) is 2.33. The van der Waals surface area contributed by atoms with E-state index in [1.807, 2.05) is 31.2 Å². The number of halogens is 1. The van der Waals surface area contributed by atoms with Crippen molar-refractivity contribution in [2.75, 3.05) is 6.61 Å². The maximum Gasteiger partial charge on any atom is 0.216 e. The monoisotopic (exact) mass is 292 g/mol. The number of hydrogen-bond donors (Lipinski definition) is 0. The van der Waals surface area contributed by atoms with Gasteiger partial charge in [0, 0.05) is 34.5 Å². The van der Waals surface area contributed by atoms with E-state index >= 15 is 0 Å². The smallest absolute Gasteiger partial charge is 0.216 e. The van der Waals surface area contributed by atoms with Gasteiger partial charge in [0.15, 0.2) is 0 Å². The third-order valence-corrected chi connectivity index (χ3v) is 2.75. The first-order chi connectivity index (χ1) is 8.25. The highest BCUT2D eigenvalue weighted by atomic mass is 79.9. The maximum absolute atomic E-state index is 5.62. The first-order valence-corrected chi connectivity index (χ1v) is 6.20. The number of aromatic nitrogens is 2. The lowest BCUT2D eigenvalue weighted by Gasteiger charge is -2.07. The summed E-state index contributed by atoms with van der Waals surface area (Å²) in [6.07, 6.45) is 4.32. The molecular weight excluding hydrogens is 280 g/mol. The second-order valence-electron chi connectivity index (χ2n) is 3.70. The fourth-order valence-electron chi connectivity index (χ4n) is 1.48. The number of rotatable bonds is 4. The molecule has 0 amide bonds. The van der Waals surface area contributed by atoms with Gasteiger partial charge >= 0.3 is 0 Å². The second kappa shape index (κ2) is 5.77. The lowest BCUT2D eigenvalue weighted by atomic mass is 10.3. The lowest BCUT2D eigenvalue weighted by Crippen LogP contribution is -2.04. The van der Waals surface area contributed by atoms with Gasteiger partial charge in [-0.1, -0.05) is 6.07 Å². The van der Waals surface area contributed by atoms with Crippen molar-refractivity contribution in [3.05, 3.63) is 52.4 Å². The standard InChI is InChI=1S/C13H13BrN2O/c1-10-8-11(14)9-16-13(10)17-7-5-12-4-2-3-6-15-12/h2-4,6,8-9H,5,7H2,1H3. The number of ether oxygens (including phenoxy) is 1. The minimum absolute atomic E-state index is 0.590. The first kappa shape index (κ1) is 12.0. The van der Waals surface area contributed by atoms with Crippen LogP contribution in [0.1, 0.15) is 11.3 Å². The predicted octanol–water partition coefficient (Wildman–Crippen LogP) is 3.17. The molecular formula is C13H13BrN2O. The Morgan fingerprint density at radius 2 is 2.18 bits per heavy atom. The fraction of sp³-hybridized carbons (Fsp3) is 0.231. The van der Waals surface area contributed by atoms with Gasteiger partial charge in [-0.2, -0.15) is 0 Å². The Morgan fingerprint density at radius 1 is 1.29 bits per heavy atom. The number of nitrogens with zero attached hydrogens (tertiary/aromatic N) is 2. The van der Waals surface area contributed by atoms with E-state index in [0.717, 1.165) is 22.2 Å². The van der Waals surface area contributed by atoms with Gasteiger partial charge in [0.25, 0.3) is 0 Å². The summed E-state index contributed by atoms with van der Waals surface area (Å²) >= 11 is 3.37. The van der Waals surface area contributed by atoms with Crippen molar-refractivity contribution in [2.45, 2.75) is 13.3 Å². The molecule has 0 radical (unpaired) electrons. The second-order valence-corrected chi connectivity index (χ2v) is 4.61. The van der Waals surface area contributed by atoms with Crippen molar-refractivity contribution in [2.24, 2.45) is 0 Å². The van der Waals surface area contributed by atoms with Crippen LogP contribution in [0.4, 0.5) is 0 Å². The maximum atomic E-state index is 5.62. The molecule has 2 aromatic rings. The highest BCUT2D eigenvalue weighted by Gasteiger charge is 2.02. The first-order valence-electron chi connectivity index (χ1n) is 5.40. The summed E-state index contributed by atoms with van der Waals surface area (Å²) in [5.74, 6) is 0.684. The minimum Gasteiger partial charge on any atom is -0.477 e. The minimum atomic E-state index is 0.590. The molecule has 3 nitrogen and oxygen atoms in total. The van der Waals surface area contributed by atoms with Gasteiger partial charge in [0.2, 0.25) is 5.88 Å². The van der Waals surface area contributed by atoms with Crippen molar-refractivity contribution in [1.82, 2.24) is 9.97 Å². The fourth-order valence-corrected chi connectivity index (χ4v) is 1.92. The van der Waals surface area contributed by atoms with Crippen LogP contribution in [0.25, 0.3) is 0 Å². The molecule has 88 valence electrons. The van der Waals surface area contributed by atoms with Crippen LogP contribution in [0.3, 0.4) is 0 Å². The van der Waals surface area contributed by atoms with Gasteiger partial charge in [0.1, 0.15) is 0 Å². The van der Waals surface area contributed by atoms with E-state index < -0.39 is 0 Å². The van der Waals surface area contributed by atoms with Gasteiger partial charge in [-0.25, -0.2) is 4.98 Å². The Morgan fingerprint density at radius 3 is 2.88 bits per heavy atom. The Hall–Kier alpha value is -1.42. The van der Waals surface area contributed by atoms with Crippen LogP contribution in [-0.2, 0) is 6.42 Å². The molecule has 0 bridgehead atoms. The number of aryl methyl sites for hydroxylation is 1. The zero-order valence-electron chi connectivity index (χ0n) is 9.56. The number of pyridine rings is 2. The van der Waals surface area contributed by atoms with Gasteiger partial charge < -0.3 is 4.74 Å². The van der Waals surface area contributed by atoms with Crippen LogP contribution < -0.4 is 4.74 Å². The van der Waals surface area contributed by atoms with Crippen molar-refractivity contribution in [1.29, 1.82) is 0 Å². The van der Waals surface area contributed by atoms with Crippen molar-refractivity contribution < 1.29 is 4.74 Å². The lowest BCUT2D eigenvalue weighted by molar-refractivity contribution is 0.306.